The Morgan fingerprint density at radius 2 is 1.79 bits per heavy atom. The smallest absolute Gasteiger partial charge is 0.264 e. The maximum atomic E-state index is 13.3. The van der Waals surface area contributed by atoms with Crippen LogP contribution in [0.3, 0.4) is 0 Å². The number of rotatable bonds is 5. The minimum Gasteiger partial charge on any atom is -0.341 e. The van der Waals surface area contributed by atoms with E-state index in [2.05, 4.69) is 6.92 Å². The lowest BCUT2D eigenvalue weighted by molar-refractivity contribution is -0.131. The van der Waals surface area contributed by atoms with Crippen molar-refractivity contribution in [3.8, 4) is 0 Å². The predicted molar refractivity (Wildman–Crippen MR) is 112 cm³/mol. The molecule has 0 saturated carbocycles. The fourth-order valence-electron chi connectivity index (χ4n) is 3.36. The zero-order valence-electron chi connectivity index (χ0n) is 15.5. The van der Waals surface area contributed by atoms with E-state index in [1.807, 2.05) is 0 Å². The Hall–Kier alpha value is -1.76. The number of hydrogen-bond donors (Lipinski definition) is 0. The van der Waals surface area contributed by atoms with Crippen LogP contribution in [0.5, 0.6) is 0 Å². The average Bonchev–Trinajstić information content (AvgIpc) is 2.65. The quantitative estimate of drug-likeness (QED) is 0.689. The zero-order valence-corrected chi connectivity index (χ0v) is 17.8. The molecule has 1 unspecified atom stereocenters. The largest absolute Gasteiger partial charge is 0.341 e. The van der Waals surface area contributed by atoms with Gasteiger partial charge in [-0.3, -0.25) is 9.10 Å². The van der Waals surface area contributed by atoms with E-state index in [9.17, 15) is 13.2 Å². The highest BCUT2D eigenvalue weighted by Gasteiger charge is 2.30. The van der Waals surface area contributed by atoms with Crippen LogP contribution in [0.1, 0.15) is 19.8 Å². The molecule has 1 amide bonds. The summed E-state index contributed by atoms with van der Waals surface area (Å²) in [7, 11) is -3.97. The number of carbonyl (C=O) groups is 1. The van der Waals surface area contributed by atoms with Crippen LogP contribution >= 0.6 is 23.2 Å². The monoisotopic (exact) mass is 440 g/mol. The Bertz CT molecular complexity index is 931. The van der Waals surface area contributed by atoms with Crippen molar-refractivity contribution in [2.45, 2.75) is 24.7 Å². The molecule has 2 aromatic rings. The van der Waals surface area contributed by atoms with Gasteiger partial charge in [0.25, 0.3) is 10.0 Å². The van der Waals surface area contributed by atoms with Crippen molar-refractivity contribution < 1.29 is 13.2 Å². The van der Waals surface area contributed by atoms with Crippen molar-refractivity contribution >= 4 is 44.8 Å². The lowest BCUT2D eigenvalue weighted by atomic mass is 10.0. The molecule has 5 nitrogen and oxygen atoms in total. The van der Waals surface area contributed by atoms with Crippen LogP contribution < -0.4 is 4.31 Å². The van der Waals surface area contributed by atoms with Gasteiger partial charge < -0.3 is 4.90 Å². The van der Waals surface area contributed by atoms with Gasteiger partial charge in [0.05, 0.1) is 10.6 Å². The Kier molecular flexibility index (Phi) is 6.53. The number of benzene rings is 2. The van der Waals surface area contributed by atoms with E-state index in [4.69, 9.17) is 23.2 Å². The number of amides is 1. The molecule has 1 fully saturated rings. The summed E-state index contributed by atoms with van der Waals surface area (Å²) in [6, 6.07) is 12.5. The van der Waals surface area contributed by atoms with Gasteiger partial charge >= 0.3 is 0 Å². The molecule has 0 aromatic heterocycles. The van der Waals surface area contributed by atoms with Crippen molar-refractivity contribution in [2.75, 3.05) is 23.9 Å². The Morgan fingerprint density at radius 3 is 2.39 bits per heavy atom. The first-order chi connectivity index (χ1) is 13.3. The van der Waals surface area contributed by atoms with Gasteiger partial charge in [0.15, 0.2) is 0 Å². The van der Waals surface area contributed by atoms with E-state index in [0.29, 0.717) is 29.1 Å². The van der Waals surface area contributed by atoms with Crippen molar-refractivity contribution in [1.29, 1.82) is 0 Å². The molecule has 0 bridgehead atoms. The van der Waals surface area contributed by atoms with Gasteiger partial charge in [-0.1, -0.05) is 48.3 Å². The lowest BCUT2D eigenvalue weighted by Crippen LogP contribution is -2.46. The summed E-state index contributed by atoms with van der Waals surface area (Å²) in [6.45, 7) is 3.06. The van der Waals surface area contributed by atoms with Crippen LogP contribution in [0.4, 0.5) is 5.69 Å². The van der Waals surface area contributed by atoms with Gasteiger partial charge in [0.1, 0.15) is 6.54 Å². The van der Waals surface area contributed by atoms with Crippen LogP contribution in [0.25, 0.3) is 0 Å². The van der Waals surface area contributed by atoms with E-state index >= 15 is 0 Å². The number of nitrogens with zero attached hydrogens (tertiary/aromatic N) is 2. The highest BCUT2D eigenvalue weighted by atomic mass is 35.5. The number of hydrogen-bond acceptors (Lipinski definition) is 3. The summed E-state index contributed by atoms with van der Waals surface area (Å²) in [5.41, 5.74) is 0.264. The molecule has 1 saturated heterocycles. The Balaban J connectivity index is 1.98. The summed E-state index contributed by atoms with van der Waals surface area (Å²) in [5.74, 6) is 0.166. The van der Waals surface area contributed by atoms with Crippen molar-refractivity contribution in [3.63, 3.8) is 0 Å². The fraction of sp³-hybridized carbons (Fsp3) is 0.350. The molecule has 0 spiro atoms. The highest BCUT2D eigenvalue weighted by Crippen LogP contribution is 2.30. The van der Waals surface area contributed by atoms with Crippen molar-refractivity contribution in [2.24, 2.45) is 5.92 Å². The lowest BCUT2D eigenvalue weighted by Gasteiger charge is -2.33. The molecule has 1 atom stereocenters. The third-order valence-electron chi connectivity index (χ3n) is 4.76. The Labute approximate surface area is 175 Å². The first-order valence-electron chi connectivity index (χ1n) is 9.09. The maximum absolute atomic E-state index is 13.3. The van der Waals surface area contributed by atoms with Crippen LogP contribution in [0.15, 0.2) is 53.4 Å². The second-order valence-electron chi connectivity index (χ2n) is 7.04. The van der Waals surface area contributed by atoms with Gasteiger partial charge in [-0.2, -0.15) is 0 Å². The van der Waals surface area contributed by atoms with Gasteiger partial charge in [-0.15, -0.1) is 0 Å². The van der Waals surface area contributed by atoms with Crippen LogP contribution in [0.2, 0.25) is 10.0 Å². The van der Waals surface area contributed by atoms with Crippen LogP contribution in [0, 0.1) is 5.92 Å². The standard InChI is InChI=1S/C20H22Cl2N2O3S/c1-15-6-5-9-23(13-15)20(25)14-24(18-11-16(21)10-17(22)12-18)28(26,27)19-7-3-2-4-8-19/h2-4,7-8,10-12,15H,5-6,9,13-14H2,1H3. The zero-order chi connectivity index (χ0) is 20.3. The van der Waals surface area contributed by atoms with Gasteiger partial charge in [-0.05, 0) is 49.1 Å². The summed E-state index contributed by atoms with van der Waals surface area (Å²) >= 11 is 12.2. The third kappa shape index (κ3) is 4.80. The average molecular weight is 441 g/mol. The van der Waals surface area contributed by atoms with Gasteiger partial charge in [-0.25, -0.2) is 8.42 Å². The third-order valence-corrected chi connectivity index (χ3v) is 6.98. The second kappa shape index (κ2) is 8.72. The molecule has 1 heterocycles. The number of sulfonamides is 1. The molecule has 28 heavy (non-hydrogen) atoms. The van der Waals surface area contributed by atoms with E-state index in [1.54, 1.807) is 23.1 Å². The SMILES string of the molecule is CC1CCCN(C(=O)CN(c2cc(Cl)cc(Cl)c2)S(=O)(=O)c2ccccc2)C1. The second-order valence-corrected chi connectivity index (χ2v) is 9.77. The summed E-state index contributed by atoms with van der Waals surface area (Å²) in [4.78, 5) is 14.8. The molecular weight excluding hydrogens is 419 g/mol. The van der Waals surface area contributed by atoms with E-state index in [0.717, 1.165) is 17.1 Å². The fourth-order valence-corrected chi connectivity index (χ4v) is 5.29. The predicted octanol–water partition coefficient (Wildman–Crippen LogP) is 4.45. The van der Waals surface area contributed by atoms with Gasteiger partial charge in [0, 0.05) is 23.1 Å². The molecule has 1 aliphatic heterocycles. The summed E-state index contributed by atoms with van der Waals surface area (Å²) in [5, 5.41) is 0.601. The number of likely N-dealkylation sites (tertiary alicyclic amines) is 1. The van der Waals surface area contributed by atoms with Crippen molar-refractivity contribution in [3.05, 3.63) is 58.6 Å². The molecule has 2 aromatic carbocycles. The molecule has 0 aliphatic carbocycles. The number of piperidine rings is 1. The molecule has 1 aliphatic rings. The molecule has 150 valence electrons. The Morgan fingerprint density at radius 1 is 1.14 bits per heavy atom. The maximum Gasteiger partial charge on any atom is 0.264 e. The molecule has 0 N–H and O–H groups in total. The van der Waals surface area contributed by atoms with Gasteiger partial charge in [0.2, 0.25) is 5.91 Å². The van der Waals surface area contributed by atoms with E-state index in [-0.39, 0.29) is 23.0 Å². The van der Waals surface area contributed by atoms with Crippen LogP contribution in [-0.2, 0) is 14.8 Å². The minimum atomic E-state index is -3.97. The molecular formula is C20H22Cl2N2O3S. The number of halogens is 2. The topological polar surface area (TPSA) is 57.7 Å². The van der Waals surface area contributed by atoms with Crippen LogP contribution in [-0.4, -0.2) is 38.9 Å². The highest BCUT2D eigenvalue weighted by molar-refractivity contribution is 7.92. The summed E-state index contributed by atoms with van der Waals surface area (Å²) in [6.07, 6.45) is 1.99. The first kappa shape index (κ1) is 21.0. The van der Waals surface area contributed by atoms with Crippen molar-refractivity contribution in [1.82, 2.24) is 4.90 Å². The van der Waals surface area contributed by atoms with E-state index < -0.39 is 10.0 Å². The molecule has 8 heteroatoms. The van der Waals surface area contributed by atoms with E-state index in [1.165, 1.54) is 30.3 Å². The molecule has 3 rings (SSSR count). The first-order valence-corrected chi connectivity index (χ1v) is 11.3. The molecule has 0 radical (unpaired) electrons. The summed E-state index contributed by atoms with van der Waals surface area (Å²) < 4.78 is 27.7. The number of anilines is 1. The minimum absolute atomic E-state index is 0.103. The number of carbonyl (C=O) groups excluding carboxylic acids is 1. The normalized spacial score (nSPS) is 17.4.